The van der Waals surface area contributed by atoms with E-state index in [4.69, 9.17) is 23.2 Å². The van der Waals surface area contributed by atoms with Crippen molar-refractivity contribution in [2.45, 2.75) is 44.8 Å². The molecule has 1 aromatic heterocycles. The number of halogens is 2. The number of carbonyl (C=O) groups is 2. The Hall–Kier alpha value is -2.68. The number of carbonyl (C=O) groups excluding carboxylic acids is 2. The molecule has 190 valence electrons. The molecule has 0 bridgehead atoms. The molecule has 2 aliphatic heterocycles. The van der Waals surface area contributed by atoms with Crippen molar-refractivity contribution >= 4 is 46.0 Å². The quantitative estimate of drug-likeness (QED) is 0.511. The number of aryl methyl sites for hydroxylation is 1. The van der Waals surface area contributed by atoms with Crippen molar-refractivity contribution in [3.63, 3.8) is 0 Å². The van der Waals surface area contributed by atoms with Crippen LogP contribution in [0.3, 0.4) is 0 Å². The summed E-state index contributed by atoms with van der Waals surface area (Å²) < 4.78 is 1.71. The zero-order valence-electron chi connectivity index (χ0n) is 20.4. The molecule has 2 aromatic carbocycles. The normalized spacial score (nSPS) is 23.9. The van der Waals surface area contributed by atoms with E-state index >= 15 is 0 Å². The molecule has 5 rings (SSSR count). The van der Waals surface area contributed by atoms with Gasteiger partial charge in [0.1, 0.15) is 11.6 Å². The van der Waals surface area contributed by atoms with Crippen molar-refractivity contribution in [1.82, 2.24) is 30.5 Å². The van der Waals surface area contributed by atoms with Crippen LogP contribution in [0.1, 0.15) is 30.9 Å². The van der Waals surface area contributed by atoms with Crippen molar-refractivity contribution < 1.29 is 9.59 Å². The maximum absolute atomic E-state index is 13.5. The number of hydrogen-bond acceptors (Lipinski definition) is 5. The molecule has 0 saturated carbocycles. The Labute approximate surface area is 220 Å². The summed E-state index contributed by atoms with van der Waals surface area (Å²) in [6.07, 6.45) is 2.05. The summed E-state index contributed by atoms with van der Waals surface area (Å²) in [5.41, 5.74) is 3.62. The van der Waals surface area contributed by atoms with Crippen molar-refractivity contribution in [3.8, 4) is 0 Å². The van der Waals surface area contributed by atoms with Crippen LogP contribution in [-0.2, 0) is 29.6 Å². The minimum Gasteiger partial charge on any atom is -0.350 e. The SMILES string of the molecule is C[C@H]1CN[C@@H](C(=O)N2C[C@H](Cc3ccc(Cl)cc3Cl)C[C@H]2C(=O)NCc2ccc3c(c2)nnn3C)C1. The molecular formula is C26H30Cl2N6O2. The highest BCUT2D eigenvalue weighted by Gasteiger charge is 2.42. The minimum absolute atomic E-state index is 0.00480. The summed E-state index contributed by atoms with van der Waals surface area (Å²) in [5.74, 6) is 0.426. The first-order valence-electron chi connectivity index (χ1n) is 12.3. The van der Waals surface area contributed by atoms with Gasteiger partial charge >= 0.3 is 0 Å². The molecule has 2 fully saturated rings. The highest BCUT2D eigenvalue weighted by atomic mass is 35.5. The van der Waals surface area contributed by atoms with Crippen LogP contribution in [0, 0.1) is 11.8 Å². The number of aromatic nitrogens is 3. The van der Waals surface area contributed by atoms with Gasteiger partial charge in [0.25, 0.3) is 0 Å². The van der Waals surface area contributed by atoms with Gasteiger partial charge in [-0.1, -0.05) is 47.5 Å². The van der Waals surface area contributed by atoms with E-state index < -0.39 is 6.04 Å². The Morgan fingerprint density at radius 2 is 2.00 bits per heavy atom. The standard InChI is InChI=1S/C26H30Cl2N6O2/c1-15-7-22(29-12-15)26(36)34-14-17(8-18-4-5-19(27)11-20(18)28)10-24(34)25(35)30-13-16-3-6-23-21(9-16)31-32-33(23)2/h3-6,9,11,15,17,22,24,29H,7-8,10,12-14H2,1-2H3,(H,30,35)/t15-,17-,22-,24+/m1/s1. The second-order valence-electron chi connectivity index (χ2n) is 10.1. The molecule has 36 heavy (non-hydrogen) atoms. The largest absolute Gasteiger partial charge is 0.350 e. The Bertz CT molecular complexity index is 1290. The molecule has 8 nitrogen and oxygen atoms in total. The van der Waals surface area contributed by atoms with Crippen LogP contribution < -0.4 is 10.6 Å². The molecule has 0 radical (unpaired) electrons. The van der Waals surface area contributed by atoms with Crippen molar-refractivity contribution in [1.29, 1.82) is 0 Å². The number of nitrogens with zero attached hydrogens (tertiary/aromatic N) is 4. The number of likely N-dealkylation sites (tertiary alicyclic amines) is 1. The molecule has 2 N–H and O–H groups in total. The van der Waals surface area contributed by atoms with E-state index in [9.17, 15) is 9.59 Å². The third-order valence-electron chi connectivity index (χ3n) is 7.29. The highest BCUT2D eigenvalue weighted by molar-refractivity contribution is 6.35. The van der Waals surface area contributed by atoms with Gasteiger partial charge in [0.2, 0.25) is 11.8 Å². The molecule has 10 heteroatoms. The average Bonchev–Trinajstić information content (AvgIpc) is 3.57. The molecule has 3 heterocycles. The highest BCUT2D eigenvalue weighted by Crippen LogP contribution is 2.31. The monoisotopic (exact) mass is 528 g/mol. The van der Waals surface area contributed by atoms with Gasteiger partial charge in [-0.2, -0.15) is 0 Å². The summed E-state index contributed by atoms with van der Waals surface area (Å²) in [4.78, 5) is 28.6. The van der Waals surface area contributed by atoms with Crippen LogP contribution in [0.15, 0.2) is 36.4 Å². The molecule has 2 saturated heterocycles. The van der Waals surface area contributed by atoms with Crippen LogP contribution in [0.2, 0.25) is 10.0 Å². The Kier molecular flexibility index (Phi) is 7.19. The Morgan fingerprint density at radius 1 is 1.17 bits per heavy atom. The zero-order valence-corrected chi connectivity index (χ0v) is 21.9. The Morgan fingerprint density at radius 3 is 2.75 bits per heavy atom. The first-order chi connectivity index (χ1) is 17.3. The average molecular weight is 529 g/mol. The third-order valence-corrected chi connectivity index (χ3v) is 7.87. The van der Waals surface area contributed by atoms with Gasteiger partial charge in [-0.3, -0.25) is 9.59 Å². The summed E-state index contributed by atoms with van der Waals surface area (Å²) in [7, 11) is 1.84. The summed E-state index contributed by atoms with van der Waals surface area (Å²) in [6, 6.07) is 10.5. The number of fused-ring (bicyclic) bond motifs is 1. The first kappa shape index (κ1) is 25.0. The molecule has 3 aromatic rings. The van der Waals surface area contributed by atoms with Gasteiger partial charge in [-0.15, -0.1) is 5.10 Å². The fourth-order valence-corrected chi connectivity index (χ4v) is 5.85. The molecule has 2 aliphatic rings. The molecule has 0 spiro atoms. The van der Waals surface area contributed by atoms with Gasteiger partial charge in [0, 0.05) is 30.2 Å². The molecule has 2 amide bonds. The lowest BCUT2D eigenvalue weighted by Gasteiger charge is -2.27. The van der Waals surface area contributed by atoms with Crippen molar-refractivity contribution in [2.24, 2.45) is 18.9 Å². The smallest absolute Gasteiger partial charge is 0.243 e. The second kappa shape index (κ2) is 10.4. The van der Waals surface area contributed by atoms with Crippen molar-refractivity contribution in [2.75, 3.05) is 13.1 Å². The number of hydrogen-bond donors (Lipinski definition) is 2. The lowest BCUT2D eigenvalue weighted by Crippen LogP contribution is -2.51. The zero-order chi connectivity index (χ0) is 25.4. The van der Waals surface area contributed by atoms with Gasteiger partial charge in [0.05, 0.1) is 11.6 Å². The topological polar surface area (TPSA) is 92.2 Å². The van der Waals surface area contributed by atoms with Crippen LogP contribution in [-0.4, -0.2) is 56.9 Å². The summed E-state index contributed by atoms with van der Waals surface area (Å²) in [6.45, 7) is 3.83. The summed E-state index contributed by atoms with van der Waals surface area (Å²) in [5, 5.41) is 15.8. The molecular weight excluding hydrogens is 499 g/mol. The molecule has 0 unspecified atom stereocenters. The maximum Gasteiger partial charge on any atom is 0.243 e. The first-order valence-corrected chi connectivity index (χ1v) is 13.1. The van der Waals surface area contributed by atoms with Crippen LogP contribution in [0.25, 0.3) is 11.0 Å². The minimum atomic E-state index is -0.522. The van der Waals surface area contributed by atoms with E-state index in [0.717, 1.165) is 35.1 Å². The van der Waals surface area contributed by atoms with E-state index in [1.165, 1.54) is 0 Å². The number of amides is 2. The number of nitrogens with one attached hydrogen (secondary N) is 2. The lowest BCUT2D eigenvalue weighted by molar-refractivity contribution is -0.139. The van der Waals surface area contributed by atoms with Gasteiger partial charge < -0.3 is 15.5 Å². The number of rotatable bonds is 6. The van der Waals surface area contributed by atoms with E-state index in [-0.39, 0.29) is 23.8 Å². The molecule has 0 aliphatic carbocycles. The summed E-state index contributed by atoms with van der Waals surface area (Å²) >= 11 is 12.5. The predicted octanol–water partition coefficient (Wildman–Crippen LogP) is 3.35. The third kappa shape index (κ3) is 5.21. The van der Waals surface area contributed by atoms with E-state index in [1.54, 1.807) is 15.6 Å². The fourth-order valence-electron chi connectivity index (χ4n) is 5.37. The number of benzene rings is 2. The van der Waals surface area contributed by atoms with E-state index in [0.29, 0.717) is 41.9 Å². The van der Waals surface area contributed by atoms with Gasteiger partial charge in [-0.05, 0) is 73.0 Å². The Balaban J connectivity index is 1.30. The molecule has 4 atom stereocenters. The van der Waals surface area contributed by atoms with Gasteiger partial charge in [0.15, 0.2) is 0 Å². The van der Waals surface area contributed by atoms with E-state index in [1.807, 2.05) is 37.4 Å². The maximum atomic E-state index is 13.5. The van der Waals surface area contributed by atoms with Crippen LogP contribution >= 0.6 is 23.2 Å². The second-order valence-corrected chi connectivity index (χ2v) is 10.9. The lowest BCUT2D eigenvalue weighted by atomic mass is 9.96. The van der Waals surface area contributed by atoms with Gasteiger partial charge in [-0.25, -0.2) is 4.68 Å². The predicted molar refractivity (Wildman–Crippen MR) is 140 cm³/mol. The van der Waals surface area contributed by atoms with E-state index in [2.05, 4.69) is 27.9 Å². The van der Waals surface area contributed by atoms with Crippen molar-refractivity contribution in [3.05, 3.63) is 57.6 Å². The fraction of sp³-hybridized carbons (Fsp3) is 0.462. The van der Waals surface area contributed by atoms with Crippen LogP contribution in [0.4, 0.5) is 0 Å². The van der Waals surface area contributed by atoms with Crippen LogP contribution in [0.5, 0.6) is 0 Å².